The number of ether oxygens (including phenoxy) is 2. The van der Waals surface area contributed by atoms with Crippen LogP contribution in [0.4, 0.5) is 5.95 Å². The molecule has 0 amide bonds. The standard InChI is InChI=1S/C12H10N4O2/c1-2-4-8-7(3-1)9(17-11-10(8)18-11)5-13-12-14-6-15-16-12/h1-6,10-11H,(H2,13,14,15,16). The normalized spacial score (nSPS) is 26.1. The van der Waals surface area contributed by atoms with E-state index in [4.69, 9.17) is 9.47 Å². The summed E-state index contributed by atoms with van der Waals surface area (Å²) < 4.78 is 11.1. The number of fused-ring (bicyclic) bond motifs is 3. The van der Waals surface area contributed by atoms with Crippen molar-refractivity contribution in [2.45, 2.75) is 12.4 Å². The number of epoxide rings is 1. The molecule has 0 saturated carbocycles. The van der Waals surface area contributed by atoms with Gasteiger partial charge in [-0.05, 0) is 5.56 Å². The van der Waals surface area contributed by atoms with Gasteiger partial charge >= 0.3 is 0 Å². The Kier molecular flexibility index (Phi) is 1.92. The average molecular weight is 242 g/mol. The number of benzene rings is 1. The van der Waals surface area contributed by atoms with Crippen molar-refractivity contribution in [3.8, 4) is 0 Å². The Hall–Kier alpha value is -2.34. The summed E-state index contributed by atoms with van der Waals surface area (Å²) in [6.07, 6.45) is 3.14. The van der Waals surface area contributed by atoms with Gasteiger partial charge in [0.05, 0.1) is 0 Å². The predicted molar refractivity (Wildman–Crippen MR) is 63.1 cm³/mol. The maximum Gasteiger partial charge on any atom is 0.231 e. The van der Waals surface area contributed by atoms with E-state index in [1.54, 1.807) is 6.20 Å². The quantitative estimate of drug-likeness (QED) is 0.783. The van der Waals surface area contributed by atoms with Gasteiger partial charge in [-0.2, -0.15) is 10.1 Å². The lowest BCUT2D eigenvalue weighted by Gasteiger charge is -2.16. The Balaban J connectivity index is 1.68. The lowest BCUT2D eigenvalue weighted by molar-refractivity contribution is 0.150. The third kappa shape index (κ3) is 1.46. The van der Waals surface area contributed by atoms with Crippen LogP contribution >= 0.6 is 0 Å². The molecule has 1 aromatic heterocycles. The first kappa shape index (κ1) is 9.67. The molecule has 2 N–H and O–H groups in total. The molecule has 90 valence electrons. The number of H-pyrrole nitrogens is 1. The molecule has 2 unspecified atom stereocenters. The van der Waals surface area contributed by atoms with E-state index in [2.05, 4.69) is 26.6 Å². The van der Waals surface area contributed by atoms with Crippen molar-refractivity contribution in [1.29, 1.82) is 0 Å². The molecule has 0 aliphatic carbocycles. The molecule has 0 bridgehead atoms. The minimum atomic E-state index is -0.150. The number of nitrogens with zero attached hydrogens (tertiary/aromatic N) is 2. The second-order valence-electron chi connectivity index (χ2n) is 4.12. The SMILES string of the molecule is C(Nc1ncn[nH]1)=C1OC2OC2c2ccccc21. The molecule has 2 atom stereocenters. The fourth-order valence-electron chi connectivity index (χ4n) is 2.09. The number of aromatic amines is 1. The summed E-state index contributed by atoms with van der Waals surface area (Å²) in [6.45, 7) is 0. The molecule has 1 fully saturated rings. The highest BCUT2D eigenvalue weighted by Crippen LogP contribution is 2.48. The molecule has 2 aliphatic heterocycles. The van der Waals surface area contributed by atoms with Gasteiger partial charge in [0.25, 0.3) is 0 Å². The first-order valence-corrected chi connectivity index (χ1v) is 5.65. The summed E-state index contributed by atoms with van der Waals surface area (Å²) in [6, 6.07) is 8.06. The summed E-state index contributed by atoms with van der Waals surface area (Å²) in [5.74, 6) is 1.32. The summed E-state index contributed by atoms with van der Waals surface area (Å²) in [7, 11) is 0. The molecule has 6 nitrogen and oxygen atoms in total. The molecule has 3 heterocycles. The number of hydrogen-bond donors (Lipinski definition) is 2. The third-order valence-corrected chi connectivity index (χ3v) is 2.98. The van der Waals surface area contributed by atoms with Crippen molar-refractivity contribution < 1.29 is 9.47 Å². The Bertz CT molecular complexity index is 608. The second kappa shape index (κ2) is 3.58. The van der Waals surface area contributed by atoms with Gasteiger partial charge in [-0.1, -0.05) is 24.3 Å². The van der Waals surface area contributed by atoms with Gasteiger partial charge < -0.3 is 14.8 Å². The van der Waals surface area contributed by atoms with E-state index < -0.39 is 0 Å². The van der Waals surface area contributed by atoms with Crippen LogP contribution in [0.15, 0.2) is 36.8 Å². The third-order valence-electron chi connectivity index (χ3n) is 2.98. The van der Waals surface area contributed by atoms with Gasteiger partial charge in [-0.15, -0.1) is 0 Å². The Morgan fingerprint density at radius 1 is 1.33 bits per heavy atom. The van der Waals surface area contributed by atoms with Crippen LogP contribution in [0.2, 0.25) is 0 Å². The van der Waals surface area contributed by atoms with Crippen molar-refractivity contribution in [2.24, 2.45) is 0 Å². The molecule has 6 heteroatoms. The first-order valence-electron chi connectivity index (χ1n) is 5.65. The van der Waals surface area contributed by atoms with Crippen molar-refractivity contribution in [3.63, 3.8) is 0 Å². The lowest BCUT2D eigenvalue weighted by Crippen LogP contribution is -2.08. The van der Waals surface area contributed by atoms with Crippen LogP contribution in [0.25, 0.3) is 5.76 Å². The molecule has 0 radical (unpaired) electrons. The van der Waals surface area contributed by atoms with Gasteiger partial charge in [0.2, 0.25) is 12.2 Å². The maximum absolute atomic E-state index is 5.70. The fraction of sp³-hybridized carbons (Fsp3) is 0.167. The van der Waals surface area contributed by atoms with E-state index in [1.165, 1.54) is 11.9 Å². The number of nitrogens with one attached hydrogen (secondary N) is 2. The zero-order valence-electron chi connectivity index (χ0n) is 9.33. The number of anilines is 1. The number of hydrogen-bond acceptors (Lipinski definition) is 5. The van der Waals surface area contributed by atoms with Gasteiger partial charge in [-0.25, -0.2) is 5.10 Å². The Morgan fingerprint density at radius 2 is 2.28 bits per heavy atom. The van der Waals surface area contributed by atoms with Crippen LogP contribution < -0.4 is 5.32 Å². The van der Waals surface area contributed by atoms with Crippen LogP contribution in [-0.4, -0.2) is 21.5 Å². The molecular formula is C12H10N4O2. The molecule has 0 spiro atoms. The highest BCUT2D eigenvalue weighted by Gasteiger charge is 2.48. The smallest absolute Gasteiger partial charge is 0.231 e. The van der Waals surface area contributed by atoms with E-state index >= 15 is 0 Å². The summed E-state index contributed by atoms with van der Waals surface area (Å²) in [5, 5.41) is 9.48. The number of aromatic nitrogens is 3. The van der Waals surface area contributed by atoms with E-state index in [1.807, 2.05) is 18.2 Å². The van der Waals surface area contributed by atoms with Crippen LogP contribution in [0.5, 0.6) is 0 Å². The molecule has 1 saturated heterocycles. The van der Waals surface area contributed by atoms with Crippen LogP contribution in [0.3, 0.4) is 0 Å². The van der Waals surface area contributed by atoms with E-state index in [-0.39, 0.29) is 12.4 Å². The van der Waals surface area contributed by atoms with E-state index in [9.17, 15) is 0 Å². The maximum atomic E-state index is 5.70. The highest BCUT2D eigenvalue weighted by molar-refractivity contribution is 5.67. The lowest BCUT2D eigenvalue weighted by atomic mass is 10.0. The second-order valence-corrected chi connectivity index (χ2v) is 4.12. The summed E-state index contributed by atoms with van der Waals surface area (Å²) in [4.78, 5) is 3.98. The van der Waals surface area contributed by atoms with Crippen LogP contribution in [0, 0.1) is 0 Å². The molecule has 18 heavy (non-hydrogen) atoms. The fourth-order valence-corrected chi connectivity index (χ4v) is 2.09. The van der Waals surface area contributed by atoms with Crippen molar-refractivity contribution in [2.75, 3.05) is 5.32 Å². The Labute approximate surface area is 103 Å². The predicted octanol–water partition coefficient (Wildman–Crippen LogP) is 1.64. The van der Waals surface area contributed by atoms with Gasteiger partial charge in [0.1, 0.15) is 18.2 Å². The van der Waals surface area contributed by atoms with E-state index in [0.29, 0.717) is 5.95 Å². The van der Waals surface area contributed by atoms with Crippen molar-refractivity contribution in [3.05, 3.63) is 47.9 Å². The Morgan fingerprint density at radius 3 is 3.17 bits per heavy atom. The minimum Gasteiger partial charge on any atom is -0.460 e. The largest absolute Gasteiger partial charge is 0.460 e. The van der Waals surface area contributed by atoms with E-state index in [0.717, 1.165) is 11.3 Å². The highest BCUT2D eigenvalue weighted by atomic mass is 16.8. The molecule has 2 aromatic rings. The van der Waals surface area contributed by atoms with Crippen molar-refractivity contribution >= 4 is 11.7 Å². The minimum absolute atomic E-state index is 0.0867. The zero-order valence-corrected chi connectivity index (χ0v) is 9.33. The molecule has 1 aromatic carbocycles. The molecular weight excluding hydrogens is 232 g/mol. The molecule has 4 rings (SSSR count). The first-order chi connectivity index (χ1) is 8.92. The number of rotatable bonds is 2. The topological polar surface area (TPSA) is 75.4 Å². The van der Waals surface area contributed by atoms with Gasteiger partial charge in [0.15, 0.2) is 0 Å². The summed E-state index contributed by atoms with van der Waals surface area (Å²) in [5.41, 5.74) is 2.21. The van der Waals surface area contributed by atoms with Gasteiger partial charge in [-0.3, -0.25) is 0 Å². The average Bonchev–Trinajstić information content (AvgIpc) is 3.01. The van der Waals surface area contributed by atoms with Gasteiger partial charge in [0, 0.05) is 11.8 Å². The zero-order chi connectivity index (χ0) is 11.9. The van der Waals surface area contributed by atoms with Crippen molar-refractivity contribution in [1.82, 2.24) is 15.2 Å². The van der Waals surface area contributed by atoms with Crippen LogP contribution in [-0.2, 0) is 9.47 Å². The summed E-state index contributed by atoms with van der Waals surface area (Å²) >= 11 is 0. The van der Waals surface area contributed by atoms with Crippen LogP contribution in [0.1, 0.15) is 17.2 Å². The monoisotopic (exact) mass is 242 g/mol. The molecule has 2 aliphatic rings.